The van der Waals surface area contributed by atoms with E-state index in [4.69, 9.17) is 9.63 Å². The van der Waals surface area contributed by atoms with Crippen LogP contribution in [0, 0.1) is 17.8 Å². The molecule has 2 unspecified atom stereocenters. The summed E-state index contributed by atoms with van der Waals surface area (Å²) < 4.78 is 18.7. The highest BCUT2D eigenvalue weighted by atomic mass is 31.2. The molecule has 0 radical (unpaired) electrons. The minimum Gasteiger partial charge on any atom is -0.506 e. The van der Waals surface area contributed by atoms with Crippen molar-refractivity contribution in [2.24, 2.45) is 17.8 Å². The number of carbonyl (C=O) groups excluding carboxylic acids is 3. The van der Waals surface area contributed by atoms with Crippen LogP contribution in [0.4, 0.5) is 0 Å². The van der Waals surface area contributed by atoms with Crippen LogP contribution >= 0.6 is 7.37 Å². The molecule has 0 aliphatic heterocycles. The monoisotopic (exact) mass is 772 g/mol. The van der Waals surface area contributed by atoms with Crippen LogP contribution in [-0.2, 0) is 29.9 Å². The summed E-state index contributed by atoms with van der Waals surface area (Å²) in [5.41, 5.74) is 2.17. The maximum Gasteiger partial charge on any atom is 0.243 e. The Hall–Kier alpha value is -3.84. The van der Waals surface area contributed by atoms with Crippen molar-refractivity contribution >= 4 is 36.1 Å². The third-order valence-electron chi connectivity index (χ3n) is 10.5. The molecule has 5 atom stereocenters. The van der Waals surface area contributed by atoms with E-state index < -0.39 is 43.2 Å². The number of H-pyrrole nitrogens is 1. The van der Waals surface area contributed by atoms with Crippen molar-refractivity contribution < 1.29 is 39.2 Å². The Kier molecular flexibility index (Phi) is 18.1. The van der Waals surface area contributed by atoms with E-state index in [0.29, 0.717) is 30.7 Å². The fraction of sp³-hybridized carbons (Fsp3) is 0.615. The number of carbonyl (C=O) groups is 3. The minimum absolute atomic E-state index is 0. The Morgan fingerprint density at radius 3 is 2.17 bits per heavy atom. The summed E-state index contributed by atoms with van der Waals surface area (Å²) in [6, 6.07) is 12.1. The van der Waals surface area contributed by atoms with Gasteiger partial charge < -0.3 is 36.2 Å². The van der Waals surface area contributed by atoms with Crippen molar-refractivity contribution in [3.05, 3.63) is 54.1 Å². The van der Waals surface area contributed by atoms with E-state index in [1.54, 1.807) is 25.1 Å². The van der Waals surface area contributed by atoms with Gasteiger partial charge in [0, 0.05) is 25.6 Å². The van der Waals surface area contributed by atoms with Gasteiger partial charge in [0.1, 0.15) is 17.8 Å². The van der Waals surface area contributed by atoms with Crippen LogP contribution in [0.15, 0.2) is 48.5 Å². The van der Waals surface area contributed by atoms with Gasteiger partial charge >= 0.3 is 0 Å². The van der Waals surface area contributed by atoms with Gasteiger partial charge in [-0.25, -0.2) is 0 Å². The van der Waals surface area contributed by atoms with Gasteiger partial charge in [0.2, 0.25) is 25.1 Å². The van der Waals surface area contributed by atoms with E-state index in [2.05, 4.69) is 31.4 Å². The number of aliphatic hydroxyl groups excluding tert-OH is 1. The van der Waals surface area contributed by atoms with Gasteiger partial charge in [0.05, 0.1) is 11.6 Å². The average Bonchev–Trinajstić information content (AvgIpc) is 3.88. The summed E-state index contributed by atoms with van der Waals surface area (Å²) in [7, 11) is -2.08. The van der Waals surface area contributed by atoms with Crippen molar-refractivity contribution in [1.82, 2.24) is 31.4 Å². The molecule has 0 spiro atoms. The van der Waals surface area contributed by atoms with Gasteiger partial charge in [0.25, 0.3) is 0 Å². The number of rotatable bonds is 16. The molecule has 0 saturated heterocycles. The average molecular weight is 773 g/mol. The van der Waals surface area contributed by atoms with Crippen LogP contribution in [0.25, 0.3) is 11.0 Å². The molecule has 1 heterocycles. The van der Waals surface area contributed by atoms with Gasteiger partial charge in [0.15, 0.2) is 11.4 Å². The molecule has 2 aliphatic rings. The first kappa shape index (κ1) is 44.6. The minimum atomic E-state index is -3.41. The quantitative estimate of drug-likeness (QED) is 0.108. The topological polar surface area (TPSA) is 227 Å². The first-order valence-electron chi connectivity index (χ1n) is 19.2. The van der Waals surface area contributed by atoms with Gasteiger partial charge in [-0.15, -0.1) is 5.10 Å². The van der Waals surface area contributed by atoms with Crippen LogP contribution in [0.3, 0.4) is 0 Å². The Bertz CT molecular complexity index is 1640. The number of hydrogen-bond donors (Lipinski definition) is 6. The van der Waals surface area contributed by atoms with Gasteiger partial charge in [-0.05, 0) is 55.2 Å². The molecule has 1 aromatic heterocycles. The molecule has 54 heavy (non-hydrogen) atoms. The molecule has 2 saturated carbocycles. The zero-order chi connectivity index (χ0) is 38.4. The van der Waals surface area contributed by atoms with Crippen molar-refractivity contribution in [1.29, 1.82) is 0 Å². The van der Waals surface area contributed by atoms with E-state index >= 15 is 0 Å². The summed E-state index contributed by atoms with van der Waals surface area (Å²) in [5.74, 6) is -1.87. The second-order valence-electron chi connectivity index (χ2n) is 14.9. The largest absolute Gasteiger partial charge is 0.506 e. The number of amides is 3. The number of aromatic nitrogens is 3. The first-order valence-corrected chi connectivity index (χ1v) is 21.1. The lowest BCUT2D eigenvalue weighted by Crippen LogP contribution is -2.57. The summed E-state index contributed by atoms with van der Waals surface area (Å²) in [6.45, 7) is 5.65. The van der Waals surface area contributed by atoms with Crippen LogP contribution < -0.4 is 16.0 Å². The lowest BCUT2D eigenvalue weighted by atomic mass is 9.85. The van der Waals surface area contributed by atoms with Crippen molar-refractivity contribution in [2.45, 2.75) is 122 Å². The van der Waals surface area contributed by atoms with E-state index in [1.807, 2.05) is 44.2 Å². The zero-order valence-corrected chi connectivity index (χ0v) is 33.0. The number of nitrogens with one attached hydrogen (secondary N) is 4. The smallest absolute Gasteiger partial charge is 0.243 e. The van der Waals surface area contributed by atoms with E-state index in [9.17, 15) is 24.1 Å². The third-order valence-corrected chi connectivity index (χ3v) is 13.1. The number of aliphatic hydroxyl groups is 1. The summed E-state index contributed by atoms with van der Waals surface area (Å²) >= 11 is 0. The Labute approximate surface area is 318 Å². The van der Waals surface area contributed by atoms with Crippen LogP contribution in [0.1, 0.15) is 97.0 Å². The number of phenolic OH excluding ortho intramolecular Hbond substituents is 1. The van der Waals surface area contributed by atoms with Gasteiger partial charge in [-0.2, -0.15) is 0 Å². The van der Waals surface area contributed by atoms with E-state index in [1.165, 1.54) is 13.5 Å². The molecular weight excluding hydrogens is 711 g/mol. The summed E-state index contributed by atoms with van der Waals surface area (Å²) in [5, 5.41) is 39.1. The summed E-state index contributed by atoms with van der Waals surface area (Å²) in [4.78, 5) is 40.7. The molecule has 3 amide bonds. The standard InChI is InChI=1S/C33H54N3O6P.C6H5N3O.H2O/c1-5-43(41,42-4)33(40)29(22-25-16-10-7-11-17-25)36-31(38)27(20-23(2)3)35-32(39)28(21-24-14-8-6-9-15-24)34-30(37)26-18-12-13-19-26;10-5-3-1-2-4-6(5)8-9-7-4;/h6,8-9,14-15,23,25-29,33,40H,5,7,10-13,16-22H2,1-4H3,(H,34,37)(H,35,39)(H,36,38);1-3,10H,(H,7,8,9);1H2/t27-,28-,29-,33?,43?;;/m0../s1. The Morgan fingerprint density at radius 1 is 0.907 bits per heavy atom. The van der Waals surface area contributed by atoms with Crippen molar-refractivity contribution in [2.75, 3.05) is 13.3 Å². The highest BCUT2D eigenvalue weighted by Crippen LogP contribution is 2.51. The molecule has 2 fully saturated rings. The molecule has 0 bridgehead atoms. The number of nitrogens with zero attached hydrogens (tertiary/aromatic N) is 2. The maximum atomic E-state index is 13.8. The molecule has 5 rings (SSSR count). The number of hydrogen-bond acceptors (Lipinski definition) is 9. The Morgan fingerprint density at radius 2 is 1.56 bits per heavy atom. The Balaban J connectivity index is 0.000000608. The molecule has 15 heteroatoms. The first-order chi connectivity index (χ1) is 25.4. The SMILES string of the molecule is CCP(=O)(OC)C(O)[C@H](CC1CCCCC1)NC(=O)[C@H](CC(C)C)NC(=O)[C@H](Cc1ccccc1)NC(=O)C1CCCC1.O.Oc1cccc2[nH]nnc12. The molecule has 2 aromatic carbocycles. The number of benzene rings is 2. The lowest BCUT2D eigenvalue weighted by molar-refractivity contribution is -0.133. The number of fused-ring (bicyclic) bond motifs is 1. The predicted molar refractivity (Wildman–Crippen MR) is 209 cm³/mol. The summed E-state index contributed by atoms with van der Waals surface area (Å²) in [6.07, 6.45) is 10.3. The van der Waals surface area contributed by atoms with Crippen LogP contribution in [0.5, 0.6) is 5.75 Å². The molecule has 8 N–H and O–H groups in total. The maximum absolute atomic E-state index is 13.8. The van der Waals surface area contributed by atoms with E-state index in [0.717, 1.165) is 62.4 Å². The van der Waals surface area contributed by atoms with Gasteiger partial charge in [-0.1, -0.05) is 107 Å². The molecule has 2 aliphatic carbocycles. The molecule has 3 aromatic rings. The second kappa shape index (κ2) is 21.9. The predicted octanol–water partition coefficient (Wildman–Crippen LogP) is 4.99. The lowest BCUT2D eigenvalue weighted by Gasteiger charge is -2.34. The van der Waals surface area contributed by atoms with Crippen molar-refractivity contribution in [3.8, 4) is 5.75 Å². The number of phenols is 1. The molecule has 300 valence electrons. The third kappa shape index (κ3) is 12.9. The normalized spacial score (nSPS) is 18.3. The van der Waals surface area contributed by atoms with Crippen LogP contribution in [0.2, 0.25) is 0 Å². The molecular formula is C39H61N6O8P. The van der Waals surface area contributed by atoms with Crippen molar-refractivity contribution in [3.63, 3.8) is 0 Å². The zero-order valence-electron chi connectivity index (χ0n) is 32.1. The molecule has 14 nitrogen and oxygen atoms in total. The number of aromatic amines is 1. The highest BCUT2D eigenvalue weighted by Gasteiger charge is 2.40. The fourth-order valence-corrected chi connectivity index (χ4v) is 8.98. The van der Waals surface area contributed by atoms with Gasteiger partial charge in [-0.3, -0.25) is 24.0 Å². The highest BCUT2D eigenvalue weighted by molar-refractivity contribution is 7.59. The number of aromatic hydroxyl groups is 1. The van der Waals surface area contributed by atoms with E-state index in [-0.39, 0.29) is 35.1 Å². The van der Waals surface area contributed by atoms with Crippen LogP contribution in [-0.4, -0.2) is 86.1 Å². The fourth-order valence-electron chi connectivity index (χ4n) is 7.39. The second-order valence-corrected chi connectivity index (χ2v) is 17.9.